The van der Waals surface area contributed by atoms with E-state index >= 15 is 0 Å². The normalized spacial score (nSPS) is 22.0. The zero-order chi connectivity index (χ0) is 24.0. The Balaban J connectivity index is 1.33. The summed E-state index contributed by atoms with van der Waals surface area (Å²) in [5.74, 6) is -0.589. The summed E-state index contributed by atoms with van der Waals surface area (Å²) >= 11 is 0. The molecule has 3 aromatic rings. The van der Waals surface area contributed by atoms with Gasteiger partial charge in [0.05, 0.1) is 17.5 Å². The van der Waals surface area contributed by atoms with Gasteiger partial charge in [0.2, 0.25) is 10.0 Å². The fraction of sp³-hybridized carbons (Fsp3) is 0.348. The predicted octanol–water partition coefficient (Wildman–Crippen LogP) is 2.28. The van der Waals surface area contributed by atoms with Crippen LogP contribution in [0, 0.1) is 0 Å². The number of fused-ring (bicyclic) bond motifs is 3. The number of rotatable bonds is 6. The first-order valence-corrected chi connectivity index (χ1v) is 13.0. The van der Waals surface area contributed by atoms with Crippen LogP contribution in [0.15, 0.2) is 42.7 Å². The van der Waals surface area contributed by atoms with E-state index in [4.69, 9.17) is 5.73 Å². The van der Waals surface area contributed by atoms with Crippen LogP contribution in [0.2, 0.25) is 0 Å². The number of nitrogens with zero attached hydrogens (tertiary/aromatic N) is 2. The van der Waals surface area contributed by atoms with Crippen molar-refractivity contribution in [3.63, 3.8) is 0 Å². The van der Waals surface area contributed by atoms with E-state index in [0.29, 0.717) is 28.1 Å². The summed E-state index contributed by atoms with van der Waals surface area (Å²) in [5, 5.41) is 4.34. The van der Waals surface area contributed by atoms with Crippen molar-refractivity contribution in [2.45, 2.75) is 43.8 Å². The highest BCUT2D eigenvalue weighted by atomic mass is 32.2. The maximum atomic E-state index is 13.3. The molecule has 2 aliphatic heterocycles. The number of piperidine rings is 1. The van der Waals surface area contributed by atoms with Crippen molar-refractivity contribution in [1.29, 1.82) is 0 Å². The zero-order valence-corrected chi connectivity index (χ0v) is 19.4. The Kier molecular flexibility index (Phi) is 5.43. The van der Waals surface area contributed by atoms with Crippen molar-refractivity contribution in [2.75, 3.05) is 16.3 Å². The van der Waals surface area contributed by atoms with Crippen LogP contribution in [0.25, 0.3) is 11.0 Å². The summed E-state index contributed by atoms with van der Waals surface area (Å²) in [7, 11) is -3.38. The molecule has 3 atom stereocenters. The highest BCUT2D eigenvalue weighted by molar-refractivity contribution is 7.92. The minimum Gasteiger partial charge on any atom is -0.381 e. The van der Waals surface area contributed by atoms with Gasteiger partial charge in [-0.2, -0.15) is 0 Å². The molecule has 2 aromatic heterocycles. The Bertz CT molecular complexity index is 1350. The Morgan fingerprint density at radius 3 is 2.41 bits per heavy atom. The number of sulfonamides is 1. The number of carbonyl (C=O) groups excluding carboxylic acids is 2. The third kappa shape index (κ3) is 4.18. The summed E-state index contributed by atoms with van der Waals surface area (Å²) in [5.41, 5.74) is 8.25. The first kappa shape index (κ1) is 22.2. The van der Waals surface area contributed by atoms with Crippen LogP contribution in [-0.2, 0) is 10.0 Å². The molecular formula is C23H26N6O4S. The largest absolute Gasteiger partial charge is 0.381 e. The van der Waals surface area contributed by atoms with Crippen molar-refractivity contribution in [2.24, 2.45) is 5.73 Å². The highest BCUT2D eigenvalue weighted by Crippen LogP contribution is 2.39. The molecular weight excluding hydrogens is 456 g/mol. The third-order valence-electron chi connectivity index (χ3n) is 6.60. The van der Waals surface area contributed by atoms with Crippen molar-refractivity contribution in [3.8, 4) is 0 Å². The summed E-state index contributed by atoms with van der Waals surface area (Å²) < 4.78 is 25.2. The number of aromatic amines is 1. The first-order valence-electron chi connectivity index (χ1n) is 11.1. The molecule has 1 unspecified atom stereocenters. The maximum Gasteiger partial charge on any atom is 0.254 e. The molecule has 0 saturated carbocycles. The average molecular weight is 483 g/mol. The van der Waals surface area contributed by atoms with E-state index in [0.717, 1.165) is 37.3 Å². The molecule has 2 aliphatic rings. The van der Waals surface area contributed by atoms with Gasteiger partial charge in [-0.05, 0) is 56.0 Å². The molecule has 2 amide bonds. The second kappa shape index (κ2) is 8.32. The van der Waals surface area contributed by atoms with Crippen LogP contribution < -0.4 is 15.8 Å². The number of benzene rings is 1. The molecule has 2 bridgehead atoms. The fourth-order valence-electron chi connectivity index (χ4n) is 5.22. The molecule has 5 N–H and O–H groups in total. The molecule has 2 saturated heterocycles. The van der Waals surface area contributed by atoms with E-state index in [1.807, 2.05) is 11.0 Å². The van der Waals surface area contributed by atoms with E-state index in [1.165, 1.54) is 6.20 Å². The number of nitrogens with two attached hydrogens (primary N) is 1. The van der Waals surface area contributed by atoms with Gasteiger partial charge in [0.25, 0.3) is 11.8 Å². The Morgan fingerprint density at radius 2 is 1.79 bits per heavy atom. The number of hydrogen-bond acceptors (Lipinski definition) is 6. The number of hydrogen-bond donors (Lipinski definition) is 4. The molecule has 11 heteroatoms. The predicted molar refractivity (Wildman–Crippen MR) is 129 cm³/mol. The number of amides is 2. The van der Waals surface area contributed by atoms with Crippen LogP contribution in [0.3, 0.4) is 0 Å². The number of carbonyl (C=O) groups is 2. The molecule has 34 heavy (non-hydrogen) atoms. The van der Waals surface area contributed by atoms with Gasteiger partial charge in [-0.25, -0.2) is 13.4 Å². The minimum absolute atomic E-state index is 0.0494. The molecule has 5 rings (SSSR count). The fourth-order valence-corrected chi connectivity index (χ4v) is 5.79. The summed E-state index contributed by atoms with van der Waals surface area (Å²) in [4.78, 5) is 34.6. The molecule has 10 nitrogen and oxygen atoms in total. The molecule has 178 valence electrons. The van der Waals surface area contributed by atoms with E-state index < -0.39 is 15.9 Å². The number of anilines is 2. The highest BCUT2D eigenvalue weighted by Gasteiger charge is 2.43. The molecule has 0 aliphatic carbocycles. The molecule has 0 spiro atoms. The standard InChI is InChI=1S/C23H26N6O4S/c1-34(32,33)28-14-4-2-13(3-5-14)23(31)29-16-6-7-17(29)11-15(10-16)27-20-18-8-9-25-22(18)26-12-19(20)21(24)30/h2-5,8-9,12,15-17,28H,6-7,10-11H2,1H3,(H2,24,30)(H2,25,26,27)/t15?,16-,17+. The Morgan fingerprint density at radius 1 is 1.12 bits per heavy atom. The van der Waals surface area contributed by atoms with Crippen molar-refractivity contribution in [1.82, 2.24) is 14.9 Å². The van der Waals surface area contributed by atoms with Gasteiger partial charge in [0, 0.05) is 47.2 Å². The zero-order valence-electron chi connectivity index (χ0n) is 18.6. The van der Waals surface area contributed by atoms with Gasteiger partial charge in [0.15, 0.2) is 0 Å². The summed E-state index contributed by atoms with van der Waals surface area (Å²) in [6.45, 7) is 0. The number of nitrogens with one attached hydrogen (secondary N) is 3. The van der Waals surface area contributed by atoms with E-state index in [1.54, 1.807) is 30.5 Å². The van der Waals surface area contributed by atoms with E-state index in [2.05, 4.69) is 20.0 Å². The second-order valence-corrected chi connectivity index (χ2v) is 10.8. The number of primary amides is 1. The van der Waals surface area contributed by atoms with Crippen molar-refractivity contribution < 1.29 is 18.0 Å². The lowest BCUT2D eigenvalue weighted by Crippen LogP contribution is -2.49. The van der Waals surface area contributed by atoms with Crippen LogP contribution in [-0.4, -0.2) is 59.5 Å². The van der Waals surface area contributed by atoms with E-state index in [-0.39, 0.29) is 24.0 Å². The van der Waals surface area contributed by atoms with Crippen LogP contribution in [0.5, 0.6) is 0 Å². The molecule has 2 fully saturated rings. The number of aromatic nitrogens is 2. The Hall–Kier alpha value is -3.60. The average Bonchev–Trinajstić information content (AvgIpc) is 3.35. The Labute approximate surface area is 197 Å². The summed E-state index contributed by atoms with van der Waals surface area (Å²) in [6, 6.07) is 8.62. The number of pyridine rings is 1. The summed E-state index contributed by atoms with van der Waals surface area (Å²) in [6.07, 6.45) is 7.68. The topological polar surface area (TPSA) is 150 Å². The molecule has 1 aromatic carbocycles. The van der Waals surface area contributed by atoms with Gasteiger partial charge in [-0.1, -0.05) is 0 Å². The van der Waals surface area contributed by atoms with Gasteiger partial charge in [-0.15, -0.1) is 0 Å². The second-order valence-electron chi connectivity index (χ2n) is 9.01. The van der Waals surface area contributed by atoms with Crippen LogP contribution in [0.4, 0.5) is 11.4 Å². The van der Waals surface area contributed by atoms with Gasteiger partial charge in [-0.3, -0.25) is 14.3 Å². The lowest BCUT2D eigenvalue weighted by atomic mass is 9.95. The van der Waals surface area contributed by atoms with Crippen molar-refractivity contribution in [3.05, 3.63) is 53.9 Å². The smallest absolute Gasteiger partial charge is 0.254 e. The molecule has 4 heterocycles. The van der Waals surface area contributed by atoms with Crippen LogP contribution >= 0.6 is 0 Å². The lowest BCUT2D eigenvalue weighted by molar-refractivity contribution is 0.0583. The van der Waals surface area contributed by atoms with Gasteiger partial charge < -0.3 is 20.9 Å². The molecule has 0 radical (unpaired) electrons. The maximum absolute atomic E-state index is 13.3. The third-order valence-corrected chi connectivity index (χ3v) is 7.21. The lowest BCUT2D eigenvalue weighted by Gasteiger charge is -2.40. The monoisotopic (exact) mass is 482 g/mol. The quantitative estimate of drug-likeness (QED) is 0.423. The SMILES string of the molecule is CS(=O)(=O)Nc1ccc(C(=O)N2[C@@H]3CC[C@H]2CC(Nc2c(C(N)=O)cnc4[nH]ccc24)C3)cc1. The van der Waals surface area contributed by atoms with Gasteiger partial charge in [0.1, 0.15) is 5.65 Å². The van der Waals surface area contributed by atoms with Crippen LogP contribution in [0.1, 0.15) is 46.4 Å². The number of H-pyrrole nitrogens is 1. The minimum atomic E-state index is -3.38. The van der Waals surface area contributed by atoms with Gasteiger partial charge >= 0.3 is 0 Å². The van der Waals surface area contributed by atoms with E-state index in [9.17, 15) is 18.0 Å². The first-order chi connectivity index (χ1) is 16.2. The van der Waals surface area contributed by atoms with Crippen molar-refractivity contribution >= 4 is 44.2 Å².